The molecule has 2 aliphatic heterocycles. The van der Waals surface area contributed by atoms with Gasteiger partial charge in [0.1, 0.15) is 0 Å². The maximum atomic E-state index is 12.8. The van der Waals surface area contributed by atoms with Gasteiger partial charge >= 0.3 is 5.51 Å². The smallest absolute Gasteiger partial charge is 0.370 e. The molecular formula is C27H36ClF3N4OS. The number of piperazine rings is 1. The van der Waals surface area contributed by atoms with E-state index in [0.717, 1.165) is 69.4 Å². The highest BCUT2D eigenvalue weighted by atomic mass is 35.5. The summed E-state index contributed by atoms with van der Waals surface area (Å²) in [6.07, 6.45) is 2.23. The fourth-order valence-electron chi connectivity index (χ4n) is 4.78. The van der Waals surface area contributed by atoms with E-state index in [2.05, 4.69) is 26.8 Å². The molecule has 0 bridgehead atoms. The van der Waals surface area contributed by atoms with Crippen molar-refractivity contribution in [2.24, 2.45) is 0 Å². The number of anilines is 2. The Kier molecular flexibility index (Phi) is 10.8. The van der Waals surface area contributed by atoms with Crippen LogP contribution in [0.3, 0.4) is 0 Å². The van der Waals surface area contributed by atoms with Crippen LogP contribution < -0.4 is 9.80 Å². The van der Waals surface area contributed by atoms with E-state index in [1.54, 1.807) is 12.1 Å². The highest BCUT2D eigenvalue weighted by molar-refractivity contribution is 8.00. The number of carbonyl (C=O) groups is 1. The van der Waals surface area contributed by atoms with Gasteiger partial charge in [-0.3, -0.25) is 9.69 Å². The summed E-state index contributed by atoms with van der Waals surface area (Å²) in [4.78, 5) is 21.9. The second-order valence-electron chi connectivity index (χ2n) is 9.17. The van der Waals surface area contributed by atoms with Gasteiger partial charge in [0.15, 0.2) is 0 Å². The summed E-state index contributed by atoms with van der Waals surface area (Å²) in [5.41, 5.74) is -2.19. The minimum atomic E-state index is -4.28. The van der Waals surface area contributed by atoms with Crippen molar-refractivity contribution in [2.75, 3.05) is 68.7 Å². The third kappa shape index (κ3) is 9.00. The molecule has 0 spiro atoms. The second kappa shape index (κ2) is 13.6. The van der Waals surface area contributed by atoms with E-state index in [-0.39, 0.29) is 30.0 Å². The molecule has 2 aliphatic rings. The fourth-order valence-corrected chi connectivity index (χ4v) is 5.44. The largest absolute Gasteiger partial charge is 0.446 e. The standard InChI is InChI=1S/C26H32ClF3N4OS.CH4/c27-21-4-6-22(7-5-21)33-17-15-31(16-18-33)12-1-3-25(35)34-14-2-13-32(19-20-34)23-8-10-24(11-9-23)36-26(28,29)30;/h4-11H,1-3,12-20H2;1H4. The Morgan fingerprint density at radius 3 is 2.00 bits per heavy atom. The van der Waals surface area contributed by atoms with Crippen LogP contribution in [0.2, 0.25) is 5.02 Å². The Bertz CT molecular complexity index is 983. The summed E-state index contributed by atoms with van der Waals surface area (Å²) in [7, 11) is 0. The molecule has 37 heavy (non-hydrogen) atoms. The van der Waals surface area contributed by atoms with Crippen LogP contribution in [-0.2, 0) is 4.79 Å². The van der Waals surface area contributed by atoms with Crippen LogP contribution in [0.4, 0.5) is 24.5 Å². The van der Waals surface area contributed by atoms with Gasteiger partial charge in [-0.1, -0.05) is 19.0 Å². The molecule has 0 unspecified atom stereocenters. The molecule has 1 amide bonds. The molecule has 0 atom stereocenters. The van der Waals surface area contributed by atoms with E-state index in [4.69, 9.17) is 11.6 Å². The Balaban J connectivity index is 0.00000380. The summed E-state index contributed by atoms with van der Waals surface area (Å²) in [5.74, 6) is 0.188. The predicted octanol–water partition coefficient (Wildman–Crippen LogP) is 6.23. The molecule has 0 aliphatic carbocycles. The van der Waals surface area contributed by atoms with E-state index < -0.39 is 5.51 Å². The molecule has 2 heterocycles. The number of rotatable bonds is 7. The summed E-state index contributed by atoms with van der Waals surface area (Å²) in [5, 5.41) is 0.747. The van der Waals surface area contributed by atoms with Crippen LogP contribution in [-0.4, -0.2) is 80.1 Å². The lowest BCUT2D eigenvalue weighted by atomic mass is 10.2. The normalized spacial score (nSPS) is 17.4. The van der Waals surface area contributed by atoms with Crippen LogP contribution in [0, 0.1) is 0 Å². The molecule has 4 rings (SSSR count). The molecule has 10 heteroatoms. The molecule has 2 saturated heterocycles. The average molecular weight is 557 g/mol. The zero-order valence-electron chi connectivity index (χ0n) is 20.2. The van der Waals surface area contributed by atoms with E-state index in [9.17, 15) is 18.0 Å². The molecule has 2 aromatic rings. The van der Waals surface area contributed by atoms with Gasteiger partial charge in [0.05, 0.1) is 0 Å². The lowest BCUT2D eigenvalue weighted by Gasteiger charge is -2.36. The Labute approximate surface area is 227 Å². The van der Waals surface area contributed by atoms with E-state index >= 15 is 0 Å². The Hall–Kier alpha value is -2.10. The predicted molar refractivity (Wildman–Crippen MR) is 148 cm³/mol. The van der Waals surface area contributed by atoms with Crippen molar-refractivity contribution >= 4 is 40.6 Å². The number of benzene rings is 2. The van der Waals surface area contributed by atoms with E-state index in [1.807, 2.05) is 17.0 Å². The minimum Gasteiger partial charge on any atom is -0.370 e. The van der Waals surface area contributed by atoms with Gasteiger partial charge in [-0.2, -0.15) is 13.2 Å². The monoisotopic (exact) mass is 556 g/mol. The molecule has 0 aromatic heterocycles. The molecule has 0 saturated carbocycles. The summed E-state index contributed by atoms with van der Waals surface area (Å²) < 4.78 is 37.7. The number of nitrogens with zero attached hydrogens (tertiary/aromatic N) is 4. The average Bonchev–Trinajstić information content (AvgIpc) is 3.11. The van der Waals surface area contributed by atoms with Crippen molar-refractivity contribution in [2.45, 2.75) is 37.1 Å². The first kappa shape index (κ1) is 29.5. The molecule has 0 radical (unpaired) electrons. The summed E-state index contributed by atoms with van der Waals surface area (Å²) in [6, 6.07) is 14.4. The Morgan fingerprint density at radius 1 is 0.811 bits per heavy atom. The van der Waals surface area contributed by atoms with Crippen molar-refractivity contribution in [3.63, 3.8) is 0 Å². The van der Waals surface area contributed by atoms with Crippen LogP contribution >= 0.6 is 23.4 Å². The van der Waals surface area contributed by atoms with Crippen molar-refractivity contribution in [1.82, 2.24) is 9.80 Å². The zero-order valence-corrected chi connectivity index (χ0v) is 21.8. The van der Waals surface area contributed by atoms with Gasteiger partial charge in [-0.15, -0.1) is 0 Å². The number of thioether (sulfide) groups is 1. The highest BCUT2D eigenvalue weighted by Gasteiger charge is 2.29. The molecule has 0 N–H and O–H groups in total. The maximum absolute atomic E-state index is 12.8. The molecule has 204 valence electrons. The number of hydrogen-bond acceptors (Lipinski definition) is 5. The maximum Gasteiger partial charge on any atom is 0.446 e. The first-order chi connectivity index (χ1) is 17.3. The van der Waals surface area contributed by atoms with E-state index in [1.165, 1.54) is 17.8 Å². The SMILES string of the molecule is C.O=C(CCCN1CCN(c2ccc(Cl)cc2)CC1)N1CCCN(c2ccc(SC(F)(F)F)cc2)CC1. The molecular weight excluding hydrogens is 521 g/mol. The number of alkyl halides is 3. The summed E-state index contributed by atoms with van der Waals surface area (Å²) in [6.45, 7) is 7.64. The van der Waals surface area contributed by atoms with Gasteiger partial charge in [0.2, 0.25) is 5.91 Å². The van der Waals surface area contributed by atoms with Crippen LogP contribution in [0.15, 0.2) is 53.4 Å². The van der Waals surface area contributed by atoms with Crippen LogP contribution in [0.25, 0.3) is 0 Å². The van der Waals surface area contributed by atoms with Crippen molar-refractivity contribution < 1.29 is 18.0 Å². The number of hydrogen-bond donors (Lipinski definition) is 0. The fraction of sp³-hybridized carbons (Fsp3) is 0.519. The van der Waals surface area contributed by atoms with Crippen molar-refractivity contribution in [1.29, 1.82) is 0 Å². The highest BCUT2D eigenvalue weighted by Crippen LogP contribution is 2.37. The van der Waals surface area contributed by atoms with Gasteiger partial charge in [0.25, 0.3) is 0 Å². The van der Waals surface area contributed by atoms with Gasteiger partial charge < -0.3 is 14.7 Å². The first-order valence-electron chi connectivity index (χ1n) is 12.4. The van der Waals surface area contributed by atoms with Gasteiger partial charge in [-0.25, -0.2) is 0 Å². The quantitative estimate of drug-likeness (QED) is 0.377. The third-order valence-corrected chi connectivity index (χ3v) is 7.70. The van der Waals surface area contributed by atoms with Crippen molar-refractivity contribution in [3.05, 3.63) is 53.6 Å². The number of halogens is 4. The minimum absolute atomic E-state index is 0. The van der Waals surface area contributed by atoms with Crippen LogP contribution in [0.5, 0.6) is 0 Å². The molecule has 2 fully saturated rings. The third-order valence-electron chi connectivity index (χ3n) is 6.71. The summed E-state index contributed by atoms with van der Waals surface area (Å²) >= 11 is 5.89. The number of carbonyl (C=O) groups excluding carboxylic acids is 1. The lowest BCUT2D eigenvalue weighted by Crippen LogP contribution is -2.46. The Morgan fingerprint density at radius 2 is 1.38 bits per heavy atom. The lowest BCUT2D eigenvalue weighted by molar-refractivity contribution is -0.131. The topological polar surface area (TPSA) is 30.0 Å². The molecule has 2 aromatic carbocycles. The molecule has 5 nitrogen and oxygen atoms in total. The van der Waals surface area contributed by atoms with E-state index in [0.29, 0.717) is 19.5 Å². The number of amides is 1. The van der Waals surface area contributed by atoms with Crippen LogP contribution in [0.1, 0.15) is 26.7 Å². The van der Waals surface area contributed by atoms with Gasteiger partial charge in [0, 0.05) is 80.1 Å². The first-order valence-corrected chi connectivity index (χ1v) is 13.6. The second-order valence-corrected chi connectivity index (χ2v) is 10.7. The van der Waals surface area contributed by atoms with Gasteiger partial charge in [-0.05, 0) is 79.7 Å². The zero-order chi connectivity index (χ0) is 25.5. The van der Waals surface area contributed by atoms with Crippen molar-refractivity contribution in [3.8, 4) is 0 Å².